The third kappa shape index (κ3) is 5.25. The van der Waals surface area contributed by atoms with Gasteiger partial charge in [-0.05, 0) is 56.1 Å². The summed E-state index contributed by atoms with van der Waals surface area (Å²) < 4.78 is 13.0. The fraction of sp³-hybridized carbons (Fsp3) is 0.375. The van der Waals surface area contributed by atoms with Gasteiger partial charge in [0, 0.05) is 11.1 Å². The topological polar surface area (TPSA) is 52.0 Å². The average Bonchev–Trinajstić information content (AvgIpc) is 2.36. The fourth-order valence-corrected chi connectivity index (χ4v) is 1.71. The smallest absolute Gasteiger partial charge is 0.129 e. The minimum atomic E-state index is -1.11. The quantitative estimate of drug-likeness (QED) is 0.795. The number of halogens is 1. The van der Waals surface area contributed by atoms with Gasteiger partial charge in [0.15, 0.2) is 0 Å². The van der Waals surface area contributed by atoms with Gasteiger partial charge in [0.05, 0.1) is 0 Å². The number of rotatable bonds is 5. The average molecular weight is 260 g/mol. The first-order chi connectivity index (χ1) is 9.06. The number of hydrogen-bond donors (Lipinski definition) is 2. The van der Waals surface area contributed by atoms with E-state index in [2.05, 4.69) is 24.5 Å². The summed E-state index contributed by atoms with van der Waals surface area (Å²) in [5.74, 6) is 5.71. The van der Waals surface area contributed by atoms with Gasteiger partial charge in [-0.1, -0.05) is 24.5 Å². The molecule has 2 nitrogen and oxygen atoms in total. The Hall–Kier alpha value is -1.63. The number of hydrogen-bond acceptors (Lipinski definition) is 2. The van der Waals surface area contributed by atoms with Crippen LogP contribution in [-0.4, -0.2) is 19.3 Å². The molecule has 102 valence electrons. The lowest BCUT2D eigenvalue weighted by molar-refractivity contribution is 0.420. The number of alkyl halides is 1. The lowest BCUT2D eigenvalue weighted by atomic mass is 10.0. The molecule has 1 atom stereocenters. The number of benzene rings is 1. The maximum Gasteiger partial charge on any atom is 0.129 e. The van der Waals surface area contributed by atoms with Gasteiger partial charge in [-0.25, -0.2) is 4.39 Å². The van der Waals surface area contributed by atoms with Gasteiger partial charge >= 0.3 is 0 Å². The third-order valence-electron chi connectivity index (χ3n) is 2.77. The second kappa shape index (κ2) is 7.73. The summed E-state index contributed by atoms with van der Waals surface area (Å²) in [6, 6.07) is 6.06. The van der Waals surface area contributed by atoms with Crippen molar-refractivity contribution >= 4 is 0 Å². The first kappa shape index (κ1) is 15.4. The van der Waals surface area contributed by atoms with Crippen molar-refractivity contribution in [2.45, 2.75) is 25.9 Å². The van der Waals surface area contributed by atoms with E-state index in [1.54, 1.807) is 0 Å². The van der Waals surface area contributed by atoms with Crippen molar-refractivity contribution in [3.63, 3.8) is 0 Å². The Bertz CT molecular complexity index is 471. The van der Waals surface area contributed by atoms with Crippen LogP contribution in [0.1, 0.15) is 23.6 Å². The van der Waals surface area contributed by atoms with Gasteiger partial charge in [-0.2, -0.15) is 0 Å². The molecule has 4 N–H and O–H groups in total. The van der Waals surface area contributed by atoms with Crippen molar-refractivity contribution in [3.05, 3.63) is 47.0 Å². The molecule has 1 aromatic rings. The largest absolute Gasteiger partial charge is 0.330 e. The van der Waals surface area contributed by atoms with Crippen LogP contribution < -0.4 is 11.5 Å². The number of nitrogens with two attached hydrogens (primary N) is 2. The van der Waals surface area contributed by atoms with E-state index in [-0.39, 0.29) is 0 Å². The second-order valence-corrected chi connectivity index (χ2v) is 4.51. The molecule has 1 unspecified atom stereocenters. The highest BCUT2D eigenvalue weighted by atomic mass is 19.1. The molecule has 0 heterocycles. The molecular weight excluding hydrogens is 239 g/mol. The van der Waals surface area contributed by atoms with Crippen molar-refractivity contribution in [2.24, 2.45) is 11.5 Å². The van der Waals surface area contributed by atoms with E-state index in [4.69, 9.17) is 11.5 Å². The fourth-order valence-electron chi connectivity index (χ4n) is 1.71. The lowest BCUT2D eigenvalue weighted by Crippen LogP contribution is -2.06. The molecule has 0 amide bonds. The van der Waals surface area contributed by atoms with E-state index in [1.807, 2.05) is 12.1 Å². The first-order valence-electron chi connectivity index (χ1n) is 6.44. The standard InChI is InChI=1S/C16H21FN2/c1-12(13(2)17)3-4-14-9-15(5-7-18)11-16(10-14)6-8-19/h9-11,13H,1,5-8,18-19H2,2H3. The normalized spacial score (nSPS) is 11.6. The maximum absolute atomic E-state index is 13.0. The monoisotopic (exact) mass is 260 g/mol. The van der Waals surface area contributed by atoms with E-state index < -0.39 is 6.17 Å². The lowest BCUT2D eigenvalue weighted by Gasteiger charge is -2.05. The molecule has 1 rings (SSSR count). The van der Waals surface area contributed by atoms with E-state index in [0.717, 1.165) is 29.5 Å². The molecule has 0 aliphatic heterocycles. The van der Waals surface area contributed by atoms with Crippen molar-refractivity contribution in [2.75, 3.05) is 13.1 Å². The van der Waals surface area contributed by atoms with Crippen molar-refractivity contribution < 1.29 is 4.39 Å². The van der Waals surface area contributed by atoms with Gasteiger partial charge in [-0.15, -0.1) is 0 Å². The van der Waals surface area contributed by atoms with Gasteiger partial charge in [0.1, 0.15) is 6.17 Å². The van der Waals surface area contributed by atoms with Crippen molar-refractivity contribution in [1.29, 1.82) is 0 Å². The van der Waals surface area contributed by atoms with Crippen LogP contribution in [0, 0.1) is 11.8 Å². The summed E-state index contributed by atoms with van der Waals surface area (Å²) in [5, 5.41) is 0. The Kier molecular flexibility index (Phi) is 6.27. The Morgan fingerprint density at radius 3 is 2.16 bits per heavy atom. The summed E-state index contributed by atoms with van der Waals surface area (Å²) >= 11 is 0. The van der Waals surface area contributed by atoms with Crippen molar-refractivity contribution in [3.8, 4) is 11.8 Å². The van der Waals surface area contributed by atoms with Crippen LogP contribution in [0.3, 0.4) is 0 Å². The minimum absolute atomic E-state index is 0.296. The van der Waals surface area contributed by atoms with E-state index >= 15 is 0 Å². The molecule has 0 saturated heterocycles. The molecule has 0 saturated carbocycles. The Balaban J connectivity index is 3.01. The SMILES string of the molecule is C=C(C#Cc1cc(CCN)cc(CCN)c1)C(C)F. The molecule has 0 spiro atoms. The zero-order valence-corrected chi connectivity index (χ0v) is 11.4. The molecule has 0 aromatic heterocycles. The van der Waals surface area contributed by atoms with Crippen LogP contribution in [0.15, 0.2) is 30.4 Å². The molecule has 1 aromatic carbocycles. The summed E-state index contributed by atoms with van der Waals surface area (Å²) in [5.41, 5.74) is 14.6. The number of allylic oxidation sites excluding steroid dienone is 1. The Morgan fingerprint density at radius 2 is 1.74 bits per heavy atom. The predicted molar refractivity (Wildman–Crippen MR) is 78.5 cm³/mol. The Labute approximate surface area is 114 Å². The maximum atomic E-state index is 13.0. The summed E-state index contributed by atoms with van der Waals surface area (Å²) in [6.07, 6.45) is 0.490. The van der Waals surface area contributed by atoms with Crippen LogP contribution in [0.4, 0.5) is 4.39 Å². The summed E-state index contributed by atoms with van der Waals surface area (Å²) in [4.78, 5) is 0. The van der Waals surface area contributed by atoms with E-state index in [9.17, 15) is 4.39 Å². The zero-order chi connectivity index (χ0) is 14.3. The van der Waals surface area contributed by atoms with E-state index in [1.165, 1.54) is 6.92 Å². The first-order valence-corrected chi connectivity index (χ1v) is 6.44. The molecular formula is C16H21FN2. The molecule has 3 heteroatoms. The Morgan fingerprint density at radius 1 is 1.21 bits per heavy atom. The van der Waals surface area contributed by atoms with E-state index in [0.29, 0.717) is 18.7 Å². The summed E-state index contributed by atoms with van der Waals surface area (Å²) in [7, 11) is 0. The highest BCUT2D eigenvalue weighted by Gasteiger charge is 2.01. The third-order valence-corrected chi connectivity index (χ3v) is 2.77. The second-order valence-electron chi connectivity index (χ2n) is 4.51. The van der Waals surface area contributed by atoms with Crippen LogP contribution in [0.5, 0.6) is 0 Å². The predicted octanol–water partition coefficient (Wildman–Crippen LogP) is 1.95. The molecule has 0 radical (unpaired) electrons. The molecule has 0 bridgehead atoms. The molecule has 0 aliphatic carbocycles. The van der Waals surface area contributed by atoms with Crippen LogP contribution >= 0.6 is 0 Å². The molecule has 19 heavy (non-hydrogen) atoms. The molecule has 0 fully saturated rings. The summed E-state index contributed by atoms with van der Waals surface area (Å²) in [6.45, 7) is 6.21. The minimum Gasteiger partial charge on any atom is -0.330 e. The van der Waals surface area contributed by atoms with Crippen molar-refractivity contribution in [1.82, 2.24) is 0 Å². The highest BCUT2D eigenvalue weighted by molar-refractivity contribution is 5.44. The van der Waals surface area contributed by atoms with Gasteiger partial charge < -0.3 is 11.5 Å². The zero-order valence-electron chi connectivity index (χ0n) is 11.4. The van der Waals surface area contributed by atoms with Crippen LogP contribution in [0.25, 0.3) is 0 Å². The highest BCUT2D eigenvalue weighted by Crippen LogP contribution is 2.11. The van der Waals surface area contributed by atoms with Crippen LogP contribution in [0.2, 0.25) is 0 Å². The van der Waals surface area contributed by atoms with Gasteiger partial charge in [0.2, 0.25) is 0 Å². The molecule has 0 aliphatic rings. The van der Waals surface area contributed by atoms with Gasteiger partial charge in [-0.3, -0.25) is 0 Å². The van der Waals surface area contributed by atoms with Crippen LogP contribution in [-0.2, 0) is 12.8 Å². The van der Waals surface area contributed by atoms with Gasteiger partial charge in [0.25, 0.3) is 0 Å².